The van der Waals surface area contributed by atoms with Crippen molar-refractivity contribution in [1.29, 1.82) is 0 Å². The minimum Gasteiger partial charge on any atom is -0.486 e. The van der Waals surface area contributed by atoms with Crippen LogP contribution < -0.4 is 10.1 Å². The first-order valence-electron chi connectivity index (χ1n) is 9.17. The van der Waals surface area contributed by atoms with Gasteiger partial charge in [0, 0.05) is 39.4 Å². The van der Waals surface area contributed by atoms with Gasteiger partial charge in [-0.25, -0.2) is 4.39 Å². The fourth-order valence-electron chi connectivity index (χ4n) is 2.91. The van der Waals surface area contributed by atoms with Gasteiger partial charge in [0.2, 0.25) is 0 Å². The number of aromatic nitrogens is 2. The molecule has 0 amide bonds. The lowest BCUT2D eigenvalue weighted by molar-refractivity contribution is 0.212. The third-order valence-electron chi connectivity index (χ3n) is 4.18. The molecule has 2 rings (SSSR count). The standard InChI is InChI=1S/C20H30FN5O.HI/c1-14(2)19-16(13-26(6)24-19)12-25(5)20(22-4)23-11-15(3)27-18-10-8-7-9-17(18)21;/h7-10,13-15H,11-12H2,1-6H3,(H,22,23);1H. The van der Waals surface area contributed by atoms with Crippen LogP contribution in [-0.4, -0.2) is 47.4 Å². The van der Waals surface area contributed by atoms with Gasteiger partial charge in [0.05, 0.1) is 12.2 Å². The summed E-state index contributed by atoms with van der Waals surface area (Å²) in [7, 11) is 5.66. The Labute approximate surface area is 184 Å². The van der Waals surface area contributed by atoms with E-state index < -0.39 is 0 Å². The first-order chi connectivity index (χ1) is 12.8. The predicted octanol–water partition coefficient (Wildman–Crippen LogP) is 3.78. The molecule has 0 saturated heterocycles. The van der Waals surface area contributed by atoms with E-state index in [9.17, 15) is 4.39 Å². The van der Waals surface area contributed by atoms with Crippen LogP contribution in [0, 0.1) is 5.82 Å². The molecule has 1 unspecified atom stereocenters. The van der Waals surface area contributed by atoms with Gasteiger partial charge in [0.15, 0.2) is 17.5 Å². The Hall–Kier alpha value is -1.84. The number of hydrogen-bond donors (Lipinski definition) is 1. The molecule has 28 heavy (non-hydrogen) atoms. The van der Waals surface area contributed by atoms with Crippen LogP contribution in [0.25, 0.3) is 0 Å². The summed E-state index contributed by atoms with van der Waals surface area (Å²) in [5, 5.41) is 7.84. The summed E-state index contributed by atoms with van der Waals surface area (Å²) in [6.07, 6.45) is 1.83. The molecule has 0 spiro atoms. The molecular formula is C20H31FIN5O. The van der Waals surface area contributed by atoms with Gasteiger partial charge in [-0.1, -0.05) is 26.0 Å². The zero-order valence-electron chi connectivity index (χ0n) is 17.4. The second-order valence-corrected chi connectivity index (χ2v) is 7.01. The van der Waals surface area contributed by atoms with Crippen molar-refractivity contribution in [2.24, 2.45) is 12.0 Å². The number of nitrogens with zero attached hydrogens (tertiary/aromatic N) is 4. The van der Waals surface area contributed by atoms with Crippen LogP contribution in [0.15, 0.2) is 35.5 Å². The van der Waals surface area contributed by atoms with E-state index >= 15 is 0 Å². The monoisotopic (exact) mass is 503 g/mol. The maximum absolute atomic E-state index is 13.7. The van der Waals surface area contributed by atoms with E-state index in [0.717, 1.165) is 11.7 Å². The number of aliphatic imine (C=N–C) groups is 1. The average Bonchev–Trinajstić information content (AvgIpc) is 2.98. The third kappa shape index (κ3) is 6.65. The van der Waals surface area contributed by atoms with E-state index in [4.69, 9.17) is 4.74 Å². The van der Waals surface area contributed by atoms with Gasteiger partial charge >= 0.3 is 0 Å². The Morgan fingerprint density at radius 2 is 2.00 bits per heavy atom. The highest BCUT2D eigenvalue weighted by Crippen LogP contribution is 2.19. The van der Waals surface area contributed by atoms with Gasteiger partial charge in [0.25, 0.3) is 0 Å². The zero-order valence-corrected chi connectivity index (χ0v) is 19.8. The van der Waals surface area contributed by atoms with E-state index in [1.54, 1.807) is 25.2 Å². The molecule has 6 nitrogen and oxygen atoms in total. The third-order valence-corrected chi connectivity index (χ3v) is 4.18. The molecule has 1 heterocycles. The van der Waals surface area contributed by atoms with E-state index in [-0.39, 0.29) is 41.6 Å². The molecule has 1 N–H and O–H groups in total. The van der Waals surface area contributed by atoms with Crippen LogP contribution in [0.1, 0.15) is 37.9 Å². The molecule has 1 aromatic heterocycles. The number of guanidine groups is 1. The normalized spacial score (nSPS) is 12.5. The molecular weight excluding hydrogens is 472 g/mol. The Morgan fingerprint density at radius 3 is 2.61 bits per heavy atom. The van der Waals surface area contributed by atoms with Crippen LogP contribution in [-0.2, 0) is 13.6 Å². The fourth-order valence-corrected chi connectivity index (χ4v) is 2.91. The number of rotatable bonds is 7. The van der Waals surface area contributed by atoms with Crippen LogP contribution in [0.2, 0.25) is 0 Å². The predicted molar refractivity (Wildman–Crippen MR) is 122 cm³/mol. The Morgan fingerprint density at radius 1 is 1.32 bits per heavy atom. The quantitative estimate of drug-likeness (QED) is 0.355. The lowest BCUT2D eigenvalue weighted by Crippen LogP contribution is -2.42. The number of halogens is 2. The van der Waals surface area contributed by atoms with Gasteiger partial charge < -0.3 is 15.0 Å². The van der Waals surface area contributed by atoms with Crippen molar-refractivity contribution in [2.45, 2.75) is 39.3 Å². The van der Waals surface area contributed by atoms with Gasteiger partial charge in [-0.2, -0.15) is 5.10 Å². The number of benzene rings is 1. The topological polar surface area (TPSA) is 54.7 Å². The van der Waals surface area contributed by atoms with Crippen molar-refractivity contribution in [2.75, 3.05) is 20.6 Å². The second-order valence-electron chi connectivity index (χ2n) is 7.01. The van der Waals surface area contributed by atoms with Crippen molar-refractivity contribution < 1.29 is 9.13 Å². The molecule has 0 saturated carbocycles. The maximum atomic E-state index is 13.7. The summed E-state index contributed by atoms with van der Waals surface area (Å²) in [4.78, 5) is 6.38. The smallest absolute Gasteiger partial charge is 0.193 e. The number of aryl methyl sites for hydroxylation is 1. The molecule has 0 bridgehead atoms. The molecule has 0 radical (unpaired) electrons. The summed E-state index contributed by atoms with van der Waals surface area (Å²) in [5.74, 6) is 1.01. The van der Waals surface area contributed by atoms with Gasteiger partial charge in [0.1, 0.15) is 6.10 Å². The molecule has 8 heteroatoms. The summed E-state index contributed by atoms with van der Waals surface area (Å²) in [6.45, 7) is 7.38. The van der Waals surface area contributed by atoms with Gasteiger partial charge in [-0.3, -0.25) is 9.67 Å². The first kappa shape index (κ1) is 24.2. The summed E-state index contributed by atoms with van der Waals surface area (Å²) >= 11 is 0. The number of nitrogens with one attached hydrogen (secondary N) is 1. The Bertz CT molecular complexity index is 778. The first-order valence-corrected chi connectivity index (χ1v) is 9.17. The van der Waals surface area contributed by atoms with Gasteiger partial charge in [-0.15, -0.1) is 24.0 Å². The molecule has 0 aliphatic heterocycles. The van der Waals surface area contributed by atoms with E-state index in [0.29, 0.717) is 19.0 Å². The Kier molecular flexibility index (Phi) is 9.71. The summed E-state index contributed by atoms with van der Waals surface area (Å²) < 4.78 is 21.2. The van der Waals surface area contributed by atoms with Crippen LogP contribution in [0.5, 0.6) is 5.75 Å². The minimum absolute atomic E-state index is 0. The SMILES string of the molecule is CN=C(NCC(C)Oc1ccccc1F)N(C)Cc1cn(C)nc1C(C)C.I. The summed E-state index contributed by atoms with van der Waals surface area (Å²) in [5.41, 5.74) is 2.27. The van der Waals surface area contributed by atoms with E-state index in [1.165, 1.54) is 11.6 Å². The maximum Gasteiger partial charge on any atom is 0.193 e. The molecule has 0 aliphatic rings. The highest BCUT2D eigenvalue weighted by molar-refractivity contribution is 14.0. The zero-order chi connectivity index (χ0) is 20.0. The molecule has 0 aliphatic carbocycles. The van der Waals surface area contributed by atoms with Crippen LogP contribution in [0.4, 0.5) is 4.39 Å². The van der Waals surface area contributed by atoms with Crippen molar-refractivity contribution in [3.05, 3.63) is 47.5 Å². The van der Waals surface area contributed by atoms with E-state index in [2.05, 4.69) is 29.3 Å². The molecule has 1 atom stereocenters. The van der Waals surface area contributed by atoms with Crippen molar-refractivity contribution in [3.63, 3.8) is 0 Å². The van der Waals surface area contributed by atoms with Crippen molar-refractivity contribution >= 4 is 29.9 Å². The molecule has 1 aromatic carbocycles. The van der Waals surface area contributed by atoms with Crippen molar-refractivity contribution in [1.82, 2.24) is 20.0 Å². The fraction of sp³-hybridized carbons (Fsp3) is 0.500. The Balaban J connectivity index is 0.00000392. The molecule has 2 aromatic rings. The molecule has 156 valence electrons. The largest absolute Gasteiger partial charge is 0.486 e. The lowest BCUT2D eigenvalue weighted by atomic mass is 10.1. The minimum atomic E-state index is -0.358. The lowest BCUT2D eigenvalue weighted by Gasteiger charge is -2.24. The molecule has 0 fully saturated rings. The number of para-hydroxylation sites is 1. The average molecular weight is 503 g/mol. The van der Waals surface area contributed by atoms with Crippen LogP contribution in [0.3, 0.4) is 0 Å². The highest BCUT2D eigenvalue weighted by atomic mass is 127. The van der Waals surface area contributed by atoms with Crippen LogP contribution >= 0.6 is 24.0 Å². The second kappa shape index (κ2) is 11.2. The highest BCUT2D eigenvalue weighted by Gasteiger charge is 2.16. The van der Waals surface area contributed by atoms with E-state index in [1.807, 2.05) is 36.8 Å². The summed E-state index contributed by atoms with van der Waals surface area (Å²) in [6, 6.07) is 6.42. The van der Waals surface area contributed by atoms with Gasteiger partial charge in [-0.05, 0) is 25.0 Å². The number of hydrogen-bond acceptors (Lipinski definition) is 3. The van der Waals surface area contributed by atoms with Crippen molar-refractivity contribution in [3.8, 4) is 5.75 Å². The number of ether oxygens (including phenoxy) is 1.